The van der Waals surface area contributed by atoms with Crippen LogP contribution in [0.25, 0.3) is 0 Å². The molecule has 13 heteroatoms. The van der Waals surface area contributed by atoms with Gasteiger partial charge in [-0.1, -0.05) is 63.4 Å². The minimum absolute atomic E-state index is 0.0477. The van der Waals surface area contributed by atoms with Gasteiger partial charge in [-0.2, -0.15) is 5.10 Å². The molecule has 288 valence electrons. The number of ether oxygens (including phenoxy) is 1. The third kappa shape index (κ3) is 8.15. The summed E-state index contributed by atoms with van der Waals surface area (Å²) in [5, 5.41) is 7.43. The maximum atomic E-state index is 14.5. The van der Waals surface area contributed by atoms with Gasteiger partial charge in [0, 0.05) is 76.2 Å². The topological polar surface area (TPSA) is 117 Å². The highest BCUT2D eigenvalue weighted by molar-refractivity contribution is 5.96. The summed E-state index contributed by atoms with van der Waals surface area (Å²) >= 11 is 0. The number of hydrogen-bond acceptors (Lipinski definition) is 6. The Morgan fingerprint density at radius 1 is 0.943 bits per heavy atom. The third-order valence-corrected chi connectivity index (χ3v) is 12.6. The standard InChI is InChI=1S/C40H54F2N6O5/c1-27(53-23-29-12-8-5-9-13-29)33(37(52)45-16-14-40(41,42)15-17-45)44-34(49)32-22-46(24-39(32)25-47(26-39)36(51)31-18-38(31,2)3)35(50)30-19-43-48(21-30)20-28-10-6-4-7-11-28/h4,6-7,10-11,19,21,27,29,31-33H,5,8-9,12-18,20,22-26H2,1-3H3,(H,44,49)/t27-,31-,32-,33+/m1/s1. The first-order valence-electron chi connectivity index (χ1n) is 19.5. The minimum atomic E-state index is -2.83. The van der Waals surface area contributed by atoms with Crippen LogP contribution in [0.3, 0.4) is 0 Å². The number of nitrogens with one attached hydrogen (secondary N) is 1. The van der Waals surface area contributed by atoms with Gasteiger partial charge in [0.15, 0.2) is 0 Å². The summed E-state index contributed by atoms with van der Waals surface area (Å²) in [6, 6.07) is 8.73. The second-order valence-electron chi connectivity index (χ2n) is 17.2. The van der Waals surface area contributed by atoms with E-state index in [0.29, 0.717) is 37.7 Å². The number of likely N-dealkylation sites (tertiary alicyclic amines) is 3. The lowest BCUT2D eigenvalue weighted by atomic mass is 9.70. The summed E-state index contributed by atoms with van der Waals surface area (Å²) in [7, 11) is 0. The fourth-order valence-electron chi connectivity index (χ4n) is 8.92. The average molecular weight is 737 g/mol. The van der Waals surface area contributed by atoms with E-state index in [1.807, 2.05) is 30.3 Å². The van der Waals surface area contributed by atoms with Crippen molar-refractivity contribution < 1.29 is 32.7 Å². The van der Waals surface area contributed by atoms with Gasteiger partial charge in [0.05, 0.1) is 30.3 Å². The molecule has 4 atom stereocenters. The number of benzene rings is 1. The SMILES string of the molecule is C[C@@H](OCC1CCCCC1)[C@H](NC(=O)[C@H]1CN(C(=O)c2cnn(Cc3ccccc3)c2)CC12CN(C(=O)[C@H]1CC1(C)C)C2)C(=O)N1CCC(F)(F)CC1. The predicted molar refractivity (Wildman–Crippen MR) is 193 cm³/mol. The highest BCUT2D eigenvalue weighted by Gasteiger charge is 2.62. The van der Waals surface area contributed by atoms with Gasteiger partial charge in [-0.05, 0) is 43.1 Å². The Balaban J connectivity index is 1.09. The van der Waals surface area contributed by atoms with E-state index in [1.165, 1.54) is 11.3 Å². The highest BCUT2D eigenvalue weighted by atomic mass is 19.3. The molecule has 1 spiro atoms. The molecule has 1 N–H and O–H groups in total. The second kappa shape index (κ2) is 14.8. The van der Waals surface area contributed by atoms with E-state index in [9.17, 15) is 28.0 Å². The molecular weight excluding hydrogens is 682 g/mol. The third-order valence-electron chi connectivity index (χ3n) is 12.6. The monoisotopic (exact) mass is 736 g/mol. The van der Waals surface area contributed by atoms with Gasteiger partial charge in [0.1, 0.15) is 6.04 Å². The Hall–Kier alpha value is -3.87. The van der Waals surface area contributed by atoms with Gasteiger partial charge in [-0.3, -0.25) is 23.9 Å². The molecular formula is C40H54F2N6O5. The molecule has 0 unspecified atom stereocenters. The molecule has 3 saturated heterocycles. The van der Waals surface area contributed by atoms with Gasteiger partial charge in [-0.25, -0.2) is 8.78 Å². The molecule has 4 heterocycles. The lowest BCUT2D eigenvalue weighted by Gasteiger charge is -2.50. The van der Waals surface area contributed by atoms with E-state index >= 15 is 0 Å². The van der Waals surface area contributed by atoms with Crippen molar-refractivity contribution in [1.29, 1.82) is 0 Å². The number of alkyl halides is 2. The Morgan fingerprint density at radius 2 is 1.60 bits per heavy atom. The number of rotatable bonds is 11. The van der Waals surface area contributed by atoms with E-state index in [2.05, 4.69) is 24.3 Å². The van der Waals surface area contributed by atoms with Gasteiger partial charge in [-0.15, -0.1) is 0 Å². The molecule has 1 aromatic carbocycles. The van der Waals surface area contributed by atoms with Gasteiger partial charge >= 0.3 is 0 Å². The molecule has 53 heavy (non-hydrogen) atoms. The van der Waals surface area contributed by atoms with Crippen LogP contribution in [-0.4, -0.2) is 112 Å². The van der Waals surface area contributed by atoms with Gasteiger partial charge in [0.2, 0.25) is 17.7 Å². The number of carbonyl (C=O) groups excluding carboxylic acids is 4. The molecule has 1 aromatic heterocycles. The Labute approximate surface area is 310 Å². The summed E-state index contributed by atoms with van der Waals surface area (Å²) in [5.74, 6) is -4.21. The van der Waals surface area contributed by atoms with Crippen LogP contribution >= 0.6 is 0 Å². The Kier molecular flexibility index (Phi) is 10.4. The first-order valence-corrected chi connectivity index (χ1v) is 19.5. The van der Waals surface area contributed by atoms with Gasteiger partial charge in [0.25, 0.3) is 11.8 Å². The zero-order chi connectivity index (χ0) is 37.5. The van der Waals surface area contributed by atoms with E-state index in [-0.39, 0.29) is 49.3 Å². The summed E-state index contributed by atoms with van der Waals surface area (Å²) in [6.45, 7) is 7.73. The van der Waals surface area contributed by atoms with Crippen LogP contribution in [0.2, 0.25) is 0 Å². The van der Waals surface area contributed by atoms with Crippen LogP contribution < -0.4 is 5.32 Å². The molecule has 3 aliphatic heterocycles. The normalized spacial score (nSPS) is 25.8. The fraction of sp³-hybridized carbons (Fsp3) is 0.675. The van der Waals surface area contributed by atoms with Gasteiger partial charge < -0.3 is 24.8 Å². The molecule has 2 saturated carbocycles. The molecule has 5 fully saturated rings. The van der Waals surface area contributed by atoms with Crippen molar-refractivity contribution in [2.45, 2.75) is 96.8 Å². The maximum absolute atomic E-state index is 14.5. The molecule has 4 amide bonds. The highest BCUT2D eigenvalue weighted by Crippen LogP contribution is 2.54. The summed E-state index contributed by atoms with van der Waals surface area (Å²) in [5.41, 5.74) is 0.711. The number of hydrogen-bond donors (Lipinski definition) is 1. The number of nitrogens with zero attached hydrogens (tertiary/aromatic N) is 5. The summed E-state index contributed by atoms with van der Waals surface area (Å²) < 4.78 is 36.2. The van der Waals surface area contributed by atoms with E-state index in [1.54, 1.807) is 33.8 Å². The number of carbonyl (C=O) groups is 4. The molecule has 11 nitrogen and oxygen atoms in total. The zero-order valence-electron chi connectivity index (χ0n) is 31.3. The van der Waals surface area contributed by atoms with Crippen molar-refractivity contribution in [3.63, 3.8) is 0 Å². The van der Waals surface area contributed by atoms with Crippen molar-refractivity contribution in [3.05, 3.63) is 53.9 Å². The van der Waals surface area contributed by atoms with Crippen molar-refractivity contribution in [2.75, 3.05) is 45.9 Å². The zero-order valence-corrected chi connectivity index (χ0v) is 31.3. The quantitative estimate of drug-likeness (QED) is 0.361. The minimum Gasteiger partial charge on any atom is -0.376 e. The lowest BCUT2D eigenvalue weighted by molar-refractivity contribution is -0.153. The van der Waals surface area contributed by atoms with Crippen LogP contribution in [0.5, 0.6) is 0 Å². The number of aromatic nitrogens is 2. The fourth-order valence-corrected chi connectivity index (χ4v) is 8.92. The largest absolute Gasteiger partial charge is 0.376 e. The first-order chi connectivity index (χ1) is 25.2. The van der Waals surface area contributed by atoms with Crippen LogP contribution in [0.4, 0.5) is 8.78 Å². The van der Waals surface area contributed by atoms with Crippen LogP contribution in [0.1, 0.15) is 88.1 Å². The summed E-state index contributed by atoms with van der Waals surface area (Å²) in [6.07, 6.45) is 8.08. The number of halogens is 2. The molecule has 0 radical (unpaired) electrons. The predicted octanol–water partition coefficient (Wildman–Crippen LogP) is 4.61. The lowest BCUT2D eigenvalue weighted by Crippen LogP contribution is -2.65. The average Bonchev–Trinajstić information content (AvgIpc) is 3.42. The van der Waals surface area contributed by atoms with Crippen molar-refractivity contribution in [3.8, 4) is 0 Å². The first kappa shape index (κ1) is 37.4. The molecule has 7 rings (SSSR count). The van der Waals surface area contributed by atoms with E-state index in [0.717, 1.165) is 37.7 Å². The Bertz CT molecular complexity index is 1660. The number of amides is 4. The van der Waals surface area contributed by atoms with Crippen LogP contribution in [0.15, 0.2) is 42.7 Å². The number of piperidine rings is 1. The molecule has 2 aliphatic carbocycles. The van der Waals surface area contributed by atoms with E-state index in [4.69, 9.17) is 4.74 Å². The van der Waals surface area contributed by atoms with Crippen molar-refractivity contribution in [1.82, 2.24) is 29.8 Å². The smallest absolute Gasteiger partial charge is 0.257 e. The van der Waals surface area contributed by atoms with Crippen LogP contribution in [0, 0.1) is 28.6 Å². The summed E-state index contributed by atoms with van der Waals surface area (Å²) in [4.78, 5) is 60.8. The molecule has 5 aliphatic rings. The maximum Gasteiger partial charge on any atom is 0.257 e. The second-order valence-corrected chi connectivity index (χ2v) is 17.2. The molecule has 2 aromatic rings. The van der Waals surface area contributed by atoms with E-state index < -0.39 is 54.1 Å². The van der Waals surface area contributed by atoms with Crippen molar-refractivity contribution >= 4 is 23.6 Å². The Morgan fingerprint density at radius 3 is 2.26 bits per heavy atom. The van der Waals surface area contributed by atoms with Crippen LogP contribution in [-0.2, 0) is 25.7 Å². The molecule has 0 bridgehead atoms. The van der Waals surface area contributed by atoms with Crippen molar-refractivity contribution in [2.24, 2.45) is 28.6 Å².